The first kappa shape index (κ1) is 26.4. The van der Waals surface area contributed by atoms with Gasteiger partial charge in [-0.25, -0.2) is 0 Å². The molecule has 0 aliphatic rings. The Kier molecular flexibility index (Phi) is 13.9. The smallest absolute Gasteiger partial charge is 0.266 e. The number of benzene rings is 2. The van der Waals surface area contributed by atoms with Crippen LogP contribution in [-0.4, -0.2) is 38.1 Å². The Morgan fingerprint density at radius 2 is 1.21 bits per heavy atom. The molecule has 0 bridgehead atoms. The normalized spacial score (nSPS) is 11.5. The SMILES string of the molecule is CCCCCCCCCCCCCCOS(=O)(=O)c1cccc2ccccc12.[MgH2]. The molecule has 0 spiro atoms. The minimum atomic E-state index is -3.70. The molecule has 0 aliphatic carbocycles. The number of hydrogen-bond donors (Lipinski definition) is 0. The number of unbranched alkanes of at least 4 members (excludes halogenated alkanes) is 11. The molecule has 0 N–H and O–H groups in total. The van der Waals surface area contributed by atoms with Gasteiger partial charge in [-0.2, -0.15) is 8.42 Å². The minimum absolute atomic E-state index is 0. The van der Waals surface area contributed by atoms with Crippen LogP contribution in [0, 0.1) is 0 Å². The number of rotatable bonds is 15. The molecule has 0 atom stereocenters. The number of hydrogen-bond acceptors (Lipinski definition) is 3. The van der Waals surface area contributed by atoms with Crippen LogP contribution in [0.4, 0.5) is 0 Å². The Morgan fingerprint density at radius 1 is 0.690 bits per heavy atom. The van der Waals surface area contributed by atoms with Crippen LogP contribution in [0.1, 0.15) is 84.0 Å². The molecule has 29 heavy (non-hydrogen) atoms. The van der Waals surface area contributed by atoms with E-state index in [2.05, 4.69) is 6.92 Å². The zero-order valence-electron chi connectivity index (χ0n) is 17.4. The van der Waals surface area contributed by atoms with E-state index in [1.165, 1.54) is 57.8 Å². The fourth-order valence-corrected chi connectivity index (χ4v) is 4.75. The van der Waals surface area contributed by atoms with Gasteiger partial charge in [0.2, 0.25) is 0 Å². The Bertz CT molecular complexity index is 784. The summed E-state index contributed by atoms with van der Waals surface area (Å²) in [7, 11) is -3.70. The van der Waals surface area contributed by atoms with Crippen LogP contribution in [0.2, 0.25) is 0 Å². The van der Waals surface area contributed by atoms with E-state index in [-0.39, 0.29) is 34.6 Å². The summed E-state index contributed by atoms with van der Waals surface area (Å²) in [5.74, 6) is 0. The zero-order chi connectivity index (χ0) is 20.1. The molecule has 2 aromatic rings. The molecular formula is C24H38MgO3S. The van der Waals surface area contributed by atoms with Crippen LogP contribution in [-0.2, 0) is 14.3 Å². The molecule has 0 heterocycles. The lowest BCUT2D eigenvalue weighted by Crippen LogP contribution is -2.08. The van der Waals surface area contributed by atoms with Gasteiger partial charge in [-0.15, -0.1) is 0 Å². The first-order valence-electron chi connectivity index (χ1n) is 11.0. The molecule has 0 saturated heterocycles. The highest BCUT2D eigenvalue weighted by atomic mass is 32.2. The molecular weight excluding hydrogens is 393 g/mol. The highest BCUT2D eigenvalue weighted by Crippen LogP contribution is 2.24. The van der Waals surface area contributed by atoms with Crippen LogP contribution in [0.3, 0.4) is 0 Å². The van der Waals surface area contributed by atoms with Crippen molar-refractivity contribution >= 4 is 43.9 Å². The highest BCUT2D eigenvalue weighted by molar-refractivity contribution is 7.87. The quantitative estimate of drug-likeness (QED) is 0.188. The molecule has 0 amide bonds. The van der Waals surface area contributed by atoms with Crippen molar-refractivity contribution in [2.45, 2.75) is 88.9 Å². The Morgan fingerprint density at radius 3 is 1.83 bits per heavy atom. The van der Waals surface area contributed by atoms with Gasteiger partial charge in [0.1, 0.15) is 4.90 Å². The van der Waals surface area contributed by atoms with E-state index in [1.807, 2.05) is 30.3 Å². The average Bonchev–Trinajstić information content (AvgIpc) is 2.71. The van der Waals surface area contributed by atoms with Crippen LogP contribution in [0.5, 0.6) is 0 Å². The third-order valence-corrected chi connectivity index (χ3v) is 6.63. The summed E-state index contributed by atoms with van der Waals surface area (Å²) in [6, 6.07) is 12.8. The topological polar surface area (TPSA) is 43.4 Å². The third-order valence-electron chi connectivity index (χ3n) is 5.26. The van der Waals surface area contributed by atoms with Crippen molar-refractivity contribution in [1.82, 2.24) is 0 Å². The molecule has 0 aliphatic heterocycles. The Labute approximate surface area is 193 Å². The van der Waals surface area contributed by atoms with Gasteiger partial charge >= 0.3 is 23.1 Å². The summed E-state index contributed by atoms with van der Waals surface area (Å²) in [5, 5.41) is 1.64. The predicted molar refractivity (Wildman–Crippen MR) is 127 cm³/mol. The van der Waals surface area contributed by atoms with Gasteiger partial charge in [0.15, 0.2) is 0 Å². The van der Waals surface area contributed by atoms with E-state index in [9.17, 15) is 8.42 Å². The molecule has 0 saturated carbocycles. The fraction of sp³-hybridized carbons (Fsp3) is 0.583. The Balaban J connectivity index is 0.00000420. The lowest BCUT2D eigenvalue weighted by Gasteiger charge is -2.08. The maximum absolute atomic E-state index is 12.5. The molecule has 5 heteroatoms. The summed E-state index contributed by atoms with van der Waals surface area (Å²) < 4.78 is 30.3. The van der Waals surface area contributed by atoms with Crippen molar-refractivity contribution in [3.8, 4) is 0 Å². The monoisotopic (exact) mass is 430 g/mol. The molecule has 0 fully saturated rings. The molecule has 2 rings (SSSR count). The van der Waals surface area contributed by atoms with Crippen molar-refractivity contribution in [3.05, 3.63) is 42.5 Å². The molecule has 0 radical (unpaired) electrons. The van der Waals surface area contributed by atoms with Gasteiger partial charge in [0.25, 0.3) is 10.1 Å². The van der Waals surface area contributed by atoms with E-state index >= 15 is 0 Å². The van der Waals surface area contributed by atoms with Gasteiger partial charge < -0.3 is 0 Å². The van der Waals surface area contributed by atoms with E-state index in [1.54, 1.807) is 12.1 Å². The third kappa shape index (κ3) is 9.82. The van der Waals surface area contributed by atoms with Crippen molar-refractivity contribution < 1.29 is 12.6 Å². The molecule has 0 aromatic heterocycles. The van der Waals surface area contributed by atoms with Gasteiger partial charge in [-0.1, -0.05) is 114 Å². The van der Waals surface area contributed by atoms with E-state index in [0.29, 0.717) is 0 Å². The van der Waals surface area contributed by atoms with Gasteiger partial charge in [-0.3, -0.25) is 4.18 Å². The summed E-state index contributed by atoms with van der Waals surface area (Å²) in [6.45, 7) is 2.52. The fourth-order valence-electron chi connectivity index (χ4n) is 3.59. The molecule has 2 aromatic carbocycles. The maximum atomic E-state index is 12.5. The largest absolute Gasteiger partial charge is 0.316 e. The van der Waals surface area contributed by atoms with Gasteiger partial charge in [0.05, 0.1) is 6.61 Å². The lowest BCUT2D eigenvalue weighted by molar-refractivity contribution is 0.306. The summed E-state index contributed by atoms with van der Waals surface area (Å²) in [6.07, 6.45) is 15.0. The van der Waals surface area contributed by atoms with Crippen LogP contribution in [0.25, 0.3) is 10.8 Å². The van der Waals surface area contributed by atoms with Crippen LogP contribution in [0.15, 0.2) is 47.4 Å². The maximum Gasteiger partial charge on any atom is 0.316 e. The van der Waals surface area contributed by atoms with E-state index in [0.717, 1.165) is 30.0 Å². The van der Waals surface area contributed by atoms with E-state index < -0.39 is 10.1 Å². The number of fused-ring (bicyclic) bond motifs is 1. The van der Waals surface area contributed by atoms with Crippen molar-refractivity contribution in [2.75, 3.05) is 6.61 Å². The first-order chi connectivity index (χ1) is 13.6. The first-order valence-corrected chi connectivity index (χ1v) is 12.4. The van der Waals surface area contributed by atoms with Gasteiger partial charge in [-0.05, 0) is 17.9 Å². The predicted octanol–water partition coefficient (Wildman–Crippen LogP) is 6.33. The summed E-state index contributed by atoms with van der Waals surface area (Å²) >= 11 is 0. The summed E-state index contributed by atoms with van der Waals surface area (Å²) in [5.41, 5.74) is 0. The van der Waals surface area contributed by atoms with E-state index in [4.69, 9.17) is 4.18 Å². The second-order valence-corrected chi connectivity index (χ2v) is 9.23. The van der Waals surface area contributed by atoms with Crippen LogP contribution < -0.4 is 0 Å². The van der Waals surface area contributed by atoms with Crippen LogP contribution >= 0.6 is 0 Å². The minimum Gasteiger partial charge on any atom is -0.266 e. The highest BCUT2D eigenvalue weighted by Gasteiger charge is 2.17. The Hall–Kier alpha value is -0.624. The standard InChI is InChI=1S/C24H36O3S.Mg.2H/c1-2-3-4-5-6-7-8-9-10-11-12-15-21-27-28(25,26)24-20-16-18-22-17-13-14-19-23(22)24;;;/h13-14,16-20H,2-12,15,21H2,1H3;;;. The average molecular weight is 431 g/mol. The zero-order valence-corrected chi connectivity index (χ0v) is 18.2. The van der Waals surface area contributed by atoms with Crippen molar-refractivity contribution in [2.24, 2.45) is 0 Å². The second kappa shape index (κ2) is 15.2. The van der Waals surface area contributed by atoms with Gasteiger partial charge in [0, 0.05) is 5.39 Å². The van der Waals surface area contributed by atoms with Crippen molar-refractivity contribution in [1.29, 1.82) is 0 Å². The second-order valence-electron chi connectivity index (χ2n) is 7.64. The molecule has 160 valence electrons. The lowest BCUT2D eigenvalue weighted by atomic mass is 10.1. The summed E-state index contributed by atoms with van der Waals surface area (Å²) in [4.78, 5) is 0.268. The van der Waals surface area contributed by atoms with Crippen molar-refractivity contribution in [3.63, 3.8) is 0 Å². The molecule has 3 nitrogen and oxygen atoms in total. The molecule has 0 unspecified atom stereocenters.